The Kier molecular flexibility index (Phi) is 6.70. The molecule has 0 aromatic rings. The van der Waals surface area contributed by atoms with Crippen molar-refractivity contribution in [3.05, 3.63) is 24.3 Å². The largest absolute Gasteiger partial charge is 0.303 e. The van der Waals surface area contributed by atoms with Crippen LogP contribution < -0.4 is 0 Å². The number of allylic oxidation sites excluding steroid dienone is 3. The van der Waals surface area contributed by atoms with Crippen LogP contribution in [0.3, 0.4) is 0 Å². The quantitative estimate of drug-likeness (QED) is 0.325. The van der Waals surface area contributed by atoms with Gasteiger partial charge >= 0.3 is 0 Å². The Bertz CT molecular complexity index is 145. The molecule has 1 heteroatoms. The summed E-state index contributed by atoms with van der Waals surface area (Å²) >= 11 is 0. The van der Waals surface area contributed by atoms with Crippen LogP contribution in [0.4, 0.5) is 0 Å². The number of aldehydes is 1. The molecule has 1 nitrogen and oxygen atoms in total. The molecule has 0 unspecified atom stereocenters. The third kappa shape index (κ3) is 7.04. The molecule has 11 heavy (non-hydrogen) atoms. The van der Waals surface area contributed by atoms with Crippen molar-refractivity contribution in [3.63, 3.8) is 0 Å². The van der Waals surface area contributed by atoms with Crippen molar-refractivity contribution in [2.45, 2.75) is 32.6 Å². The molecule has 0 heterocycles. The Morgan fingerprint density at radius 3 is 2.64 bits per heavy atom. The minimum Gasteiger partial charge on any atom is -0.303 e. The van der Waals surface area contributed by atoms with Crippen LogP contribution in [0.15, 0.2) is 24.3 Å². The van der Waals surface area contributed by atoms with Gasteiger partial charge in [0.1, 0.15) is 6.29 Å². The normalized spacial score (nSPS) is 11.2. The second kappa shape index (κ2) is 7.26. The summed E-state index contributed by atoms with van der Waals surface area (Å²) in [7, 11) is 0. The summed E-state index contributed by atoms with van der Waals surface area (Å²) in [5, 5.41) is 0. The van der Waals surface area contributed by atoms with Gasteiger partial charge in [-0.2, -0.15) is 0 Å². The fourth-order valence-electron chi connectivity index (χ4n) is 0.836. The predicted molar refractivity (Wildman–Crippen MR) is 48.5 cm³/mol. The zero-order valence-corrected chi connectivity index (χ0v) is 7.18. The van der Waals surface area contributed by atoms with Crippen molar-refractivity contribution in [2.75, 3.05) is 0 Å². The maximum atomic E-state index is 10.00. The maximum Gasteiger partial charge on any atom is 0.120 e. The maximum absolute atomic E-state index is 10.00. The second-order valence-electron chi connectivity index (χ2n) is 2.62. The van der Waals surface area contributed by atoms with Gasteiger partial charge in [-0.3, -0.25) is 0 Å². The van der Waals surface area contributed by atoms with E-state index in [9.17, 15) is 4.79 Å². The van der Waals surface area contributed by atoms with E-state index in [1.165, 1.54) is 5.57 Å². The lowest BCUT2D eigenvalue weighted by Gasteiger charge is -1.95. The average molecular weight is 152 g/mol. The molecule has 0 saturated heterocycles. The third-order valence-corrected chi connectivity index (χ3v) is 1.52. The first-order chi connectivity index (χ1) is 5.31. The molecule has 0 N–H and O–H groups in total. The van der Waals surface area contributed by atoms with E-state index in [0.29, 0.717) is 6.42 Å². The minimum absolute atomic E-state index is 0.649. The Balaban J connectivity index is 3.44. The minimum atomic E-state index is 0.649. The van der Waals surface area contributed by atoms with E-state index in [1.807, 2.05) is 6.08 Å². The molecule has 0 rings (SSSR count). The summed E-state index contributed by atoms with van der Waals surface area (Å²) in [5.41, 5.74) is 1.30. The summed E-state index contributed by atoms with van der Waals surface area (Å²) in [6, 6.07) is 0. The van der Waals surface area contributed by atoms with E-state index in [1.54, 1.807) is 0 Å². The first-order valence-corrected chi connectivity index (χ1v) is 4.01. The monoisotopic (exact) mass is 152 g/mol. The van der Waals surface area contributed by atoms with Crippen molar-refractivity contribution in [1.29, 1.82) is 0 Å². The van der Waals surface area contributed by atoms with Gasteiger partial charge < -0.3 is 4.79 Å². The van der Waals surface area contributed by atoms with E-state index < -0.39 is 0 Å². The van der Waals surface area contributed by atoms with E-state index in [4.69, 9.17) is 0 Å². The van der Waals surface area contributed by atoms with Crippen LogP contribution in [0.1, 0.15) is 32.6 Å². The van der Waals surface area contributed by atoms with E-state index in [0.717, 1.165) is 25.5 Å². The van der Waals surface area contributed by atoms with Crippen molar-refractivity contribution >= 4 is 6.29 Å². The van der Waals surface area contributed by atoms with Crippen LogP contribution in [0.5, 0.6) is 0 Å². The molecule has 0 saturated carbocycles. The molecule has 0 fully saturated rings. The molecule has 0 aromatic heterocycles. The van der Waals surface area contributed by atoms with Crippen molar-refractivity contribution in [1.82, 2.24) is 0 Å². The van der Waals surface area contributed by atoms with Gasteiger partial charge in [0.05, 0.1) is 0 Å². The summed E-state index contributed by atoms with van der Waals surface area (Å²) in [4.78, 5) is 10.00. The van der Waals surface area contributed by atoms with E-state index in [-0.39, 0.29) is 0 Å². The highest BCUT2D eigenvalue weighted by atomic mass is 16.1. The predicted octanol–water partition coefficient (Wildman–Crippen LogP) is 2.88. The molecule has 0 aliphatic heterocycles. The second-order valence-corrected chi connectivity index (χ2v) is 2.62. The van der Waals surface area contributed by atoms with Crippen LogP contribution in [0.2, 0.25) is 0 Å². The highest BCUT2D eigenvalue weighted by Gasteiger charge is 1.87. The van der Waals surface area contributed by atoms with E-state index >= 15 is 0 Å². The van der Waals surface area contributed by atoms with Crippen LogP contribution >= 0.6 is 0 Å². The summed E-state index contributed by atoms with van der Waals surface area (Å²) < 4.78 is 0. The molecule has 0 spiro atoms. The molecule has 0 atom stereocenters. The Morgan fingerprint density at radius 2 is 2.09 bits per heavy atom. The zero-order chi connectivity index (χ0) is 8.53. The lowest BCUT2D eigenvalue weighted by molar-refractivity contribution is -0.107. The van der Waals surface area contributed by atoms with Gasteiger partial charge in [0.25, 0.3) is 0 Å². The molecular formula is C10H16O. The van der Waals surface area contributed by atoms with Gasteiger partial charge in [0, 0.05) is 6.42 Å². The highest BCUT2D eigenvalue weighted by molar-refractivity contribution is 5.49. The van der Waals surface area contributed by atoms with Gasteiger partial charge in [-0.05, 0) is 26.2 Å². The number of unbranched alkanes of at least 4 members (excludes halogenated alkanes) is 1. The standard InChI is InChI=1S/C10H16O/c1-3-4-5-7-10(2)8-6-9-11/h3,7,9H,1,4-6,8H2,2H3/b10-7+. The molecule has 0 aromatic carbocycles. The number of rotatable bonds is 6. The van der Waals surface area contributed by atoms with Gasteiger partial charge in [0.15, 0.2) is 0 Å². The molecule has 62 valence electrons. The highest BCUT2D eigenvalue weighted by Crippen LogP contribution is 2.04. The lowest BCUT2D eigenvalue weighted by atomic mass is 10.1. The fraction of sp³-hybridized carbons (Fsp3) is 0.500. The molecule has 0 bridgehead atoms. The Morgan fingerprint density at radius 1 is 1.36 bits per heavy atom. The van der Waals surface area contributed by atoms with Crippen molar-refractivity contribution in [2.24, 2.45) is 0 Å². The number of carbonyl (C=O) groups is 1. The van der Waals surface area contributed by atoms with Crippen LogP contribution in [0, 0.1) is 0 Å². The van der Waals surface area contributed by atoms with E-state index in [2.05, 4.69) is 19.6 Å². The first kappa shape index (κ1) is 10.2. The van der Waals surface area contributed by atoms with Gasteiger partial charge in [0.2, 0.25) is 0 Å². The summed E-state index contributed by atoms with van der Waals surface area (Å²) in [6.07, 6.45) is 8.67. The number of carbonyl (C=O) groups excluding carboxylic acids is 1. The van der Waals surface area contributed by atoms with Crippen molar-refractivity contribution in [3.8, 4) is 0 Å². The summed E-state index contributed by atoms with van der Waals surface area (Å²) in [5.74, 6) is 0. The number of hydrogen-bond acceptors (Lipinski definition) is 1. The van der Waals surface area contributed by atoms with Gasteiger partial charge in [-0.25, -0.2) is 0 Å². The topological polar surface area (TPSA) is 17.1 Å². The van der Waals surface area contributed by atoms with Gasteiger partial charge in [-0.1, -0.05) is 17.7 Å². The fourth-order valence-corrected chi connectivity index (χ4v) is 0.836. The molecule has 0 radical (unpaired) electrons. The molecule has 0 aliphatic carbocycles. The zero-order valence-electron chi connectivity index (χ0n) is 7.18. The molecular weight excluding hydrogens is 136 g/mol. The number of hydrogen-bond donors (Lipinski definition) is 0. The molecule has 0 aliphatic rings. The molecule has 0 amide bonds. The average Bonchev–Trinajstić information content (AvgIpc) is 2.01. The Hall–Kier alpha value is -0.850. The third-order valence-electron chi connectivity index (χ3n) is 1.52. The van der Waals surface area contributed by atoms with Crippen LogP contribution in [0.25, 0.3) is 0 Å². The van der Waals surface area contributed by atoms with Gasteiger partial charge in [-0.15, -0.1) is 6.58 Å². The van der Waals surface area contributed by atoms with Crippen LogP contribution in [-0.2, 0) is 4.79 Å². The Labute approximate surface area is 68.8 Å². The first-order valence-electron chi connectivity index (χ1n) is 4.01. The smallest absolute Gasteiger partial charge is 0.120 e. The van der Waals surface area contributed by atoms with Crippen molar-refractivity contribution < 1.29 is 4.79 Å². The SMILES string of the molecule is C=CCC/C=C(\C)CCC=O. The lowest BCUT2D eigenvalue weighted by Crippen LogP contribution is -1.79. The van der Waals surface area contributed by atoms with Crippen LogP contribution in [-0.4, -0.2) is 6.29 Å². The summed E-state index contributed by atoms with van der Waals surface area (Å²) in [6.45, 7) is 5.70.